The Morgan fingerprint density at radius 3 is 2.85 bits per heavy atom. The number of ether oxygens (including phenoxy) is 1. The van der Waals surface area contributed by atoms with Gasteiger partial charge >= 0.3 is 0 Å². The predicted octanol–water partition coefficient (Wildman–Crippen LogP) is 3.38. The summed E-state index contributed by atoms with van der Waals surface area (Å²) in [6.45, 7) is 2.33. The lowest BCUT2D eigenvalue weighted by molar-refractivity contribution is 0.306. The Labute approximate surface area is 126 Å². The van der Waals surface area contributed by atoms with Crippen molar-refractivity contribution in [3.05, 3.63) is 64.1 Å². The molecule has 2 aromatic carbocycles. The zero-order chi connectivity index (χ0) is 13.8. The maximum absolute atomic E-state index is 5.80. The van der Waals surface area contributed by atoms with Crippen LogP contribution in [0.3, 0.4) is 0 Å². The molecule has 0 atom stereocenters. The zero-order valence-corrected chi connectivity index (χ0v) is 12.6. The van der Waals surface area contributed by atoms with E-state index in [1.54, 1.807) is 0 Å². The third kappa shape index (κ3) is 3.20. The van der Waals surface area contributed by atoms with Crippen LogP contribution in [0, 0.1) is 0 Å². The second kappa shape index (κ2) is 6.09. The van der Waals surface area contributed by atoms with Gasteiger partial charge < -0.3 is 10.1 Å². The number of halogens is 1. The third-order valence-corrected chi connectivity index (χ3v) is 3.57. The highest BCUT2D eigenvalue weighted by molar-refractivity contribution is 9.10. The lowest BCUT2D eigenvalue weighted by atomic mass is 10.1. The zero-order valence-electron chi connectivity index (χ0n) is 11.0. The van der Waals surface area contributed by atoms with Gasteiger partial charge in [-0.25, -0.2) is 0 Å². The van der Waals surface area contributed by atoms with Gasteiger partial charge in [-0.2, -0.15) is 0 Å². The van der Waals surface area contributed by atoms with E-state index in [9.17, 15) is 0 Å². The van der Waals surface area contributed by atoms with E-state index in [-0.39, 0.29) is 0 Å². The van der Waals surface area contributed by atoms with Crippen molar-refractivity contribution in [3.8, 4) is 5.75 Å². The monoisotopic (exact) mass is 330 g/mol. The molecule has 0 fully saturated rings. The first-order chi connectivity index (χ1) is 9.81. The van der Waals surface area contributed by atoms with E-state index in [2.05, 4.69) is 44.4 Å². The van der Waals surface area contributed by atoms with Crippen LogP contribution < -0.4 is 10.1 Å². The average Bonchev–Trinajstić information content (AvgIpc) is 3.00. The van der Waals surface area contributed by atoms with Crippen molar-refractivity contribution in [2.45, 2.75) is 6.61 Å². The topological polar surface area (TPSA) is 33.6 Å². The second-order valence-electron chi connectivity index (χ2n) is 4.60. The van der Waals surface area contributed by atoms with Crippen LogP contribution in [0.4, 0.5) is 0 Å². The van der Waals surface area contributed by atoms with Crippen LogP contribution in [0.15, 0.2) is 58.0 Å². The molecule has 102 valence electrons. The number of aliphatic imine (C=N–C) groups is 1. The van der Waals surface area contributed by atoms with Crippen molar-refractivity contribution in [1.82, 2.24) is 5.32 Å². The Morgan fingerprint density at radius 2 is 2.05 bits per heavy atom. The summed E-state index contributed by atoms with van der Waals surface area (Å²) < 4.78 is 6.82. The van der Waals surface area contributed by atoms with Crippen LogP contribution in [0.5, 0.6) is 5.75 Å². The summed E-state index contributed by atoms with van der Waals surface area (Å²) in [7, 11) is 0. The van der Waals surface area contributed by atoms with Crippen LogP contribution in [0.25, 0.3) is 0 Å². The first-order valence-corrected chi connectivity index (χ1v) is 7.36. The van der Waals surface area contributed by atoms with Gasteiger partial charge in [-0.05, 0) is 29.8 Å². The fraction of sp³-hybridized carbons (Fsp3) is 0.188. The average molecular weight is 331 g/mol. The van der Waals surface area contributed by atoms with Gasteiger partial charge in [0.25, 0.3) is 0 Å². The van der Waals surface area contributed by atoms with Crippen molar-refractivity contribution in [1.29, 1.82) is 0 Å². The second-order valence-corrected chi connectivity index (χ2v) is 5.52. The minimum absolute atomic E-state index is 0.553. The largest absolute Gasteiger partial charge is 0.489 e. The van der Waals surface area contributed by atoms with Crippen LogP contribution >= 0.6 is 15.9 Å². The Morgan fingerprint density at radius 1 is 1.15 bits per heavy atom. The van der Waals surface area contributed by atoms with Crippen molar-refractivity contribution in [3.63, 3.8) is 0 Å². The van der Waals surface area contributed by atoms with Gasteiger partial charge in [-0.1, -0.05) is 40.2 Å². The molecule has 2 aromatic rings. The van der Waals surface area contributed by atoms with E-state index in [1.165, 1.54) is 0 Å². The highest BCUT2D eigenvalue weighted by Crippen LogP contribution is 2.19. The molecule has 0 aromatic heterocycles. The Kier molecular flexibility index (Phi) is 4.02. The van der Waals surface area contributed by atoms with E-state index in [4.69, 9.17) is 4.74 Å². The predicted molar refractivity (Wildman–Crippen MR) is 84.3 cm³/mol. The Hall–Kier alpha value is -1.81. The van der Waals surface area contributed by atoms with Gasteiger partial charge in [-0.15, -0.1) is 0 Å². The number of rotatable bonds is 4. The molecule has 0 spiro atoms. The van der Waals surface area contributed by atoms with Crippen molar-refractivity contribution < 1.29 is 4.74 Å². The summed E-state index contributed by atoms with van der Waals surface area (Å²) >= 11 is 3.44. The van der Waals surface area contributed by atoms with Gasteiger partial charge in [0, 0.05) is 16.6 Å². The van der Waals surface area contributed by atoms with Crippen LogP contribution in [-0.4, -0.2) is 18.9 Å². The summed E-state index contributed by atoms with van der Waals surface area (Å²) in [5.41, 5.74) is 2.26. The molecule has 3 rings (SSSR count). The first kappa shape index (κ1) is 13.2. The van der Waals surface area contributed by atoms with Gasteiger partial charge in [0.15, 0.2) is 0 Å². The van der Waals surface area contributed by atoms with E-state index < -0.39 is 0 Å². The molecule has 1 N–H and O–H groups in total. The molecule has 0 bridgehead atoms. The van der Waals surface area contributed by atoms with E-state index in [1.807, 2.05) is 30.3 Å². The van der Waals surface area contributed by atoms with Gasteiger partial charge in [-0.3, -0.25) is 4.99 Å². The summed E-state index contributed by atoms with van der Waals surface area (Å²) in [6, 6.07) is 16.2. The molecule has 1 heterocycles. The maximum atomic E-state index is 5.80. The molecule has 0 aliphatic carbocycles. The van der Waals surface area contributed by atoms with E-state index in [0.717, 1.165) is 40.3 Å². The highest BCUT2D eigenvalue weighted by Gasteiger charge is 2.08. The molecule has 1 aliphatic heterocycles. The molecule has 0 amide bonds. The molecular formula is C16H15BrN2O. The Bertz CT molecular complexity index is 640. The van der Waals surface area contributed by atoms with Gasteiger partial charge in [0.05, 0.1) is 6.54 Å². The molecule has 3 nitrogen and oxygen atoms in total. The number of nitrogens with one attached hydrogen (secondary N) is 1. The standard InChI is InChI=1S/C16H15BrN2O/c17-14-5-2-6-15(10-14)20-11-12-3-1-4-13(9-12)16-18-7-8-19-16/h1-6,9-10H,7-8,11H2,(H,18,19). The lowest BCUT2D eigenvalue weighted by Gasteiger charge is -2.08. The van der Waals surface area contributed by atoms with Crippen molar-refractivity contribution >= 4 is 21.8 Å². The number of hydrogen-bond acceptors (Lipinski definition) is 3. The smallest absolute Gasteiger partial charge is 0.128 e. The summed E-state index contributed by atoms with van der Waals surface area (Å²) in [6.07, 6.45) is 0. The first-order valence-electron chi connectivity index (χ1n) is 6.57. The lowest BCUT2D eigenvalue weighted by Crippen LogP contribution is -2.19. The van der Waals surface area contributed by atoms with E-state index >= 15 is 0 Å². The van der Waals surface area contributed by atoms with Crippen molar-refractivity contribution in [2.24, 2.45) is 4.99 Å². The molecule has 0 unspecified atom stereocenters. The molecule has 1 aliphatic rings. The number of amidine groups is 1. The molecule has 20 heavy (non-hydrogen) atoms. The summed E-state index contributed by atoms with van der Waals surface area (Å²) in [5, 5.41) is 3.28. The number of hydrogen-bond donors (Lipinski definition) is 1. The molecule has 0 saturated carbocycles. The summed E-state index contributed by atoms with van der Waals surface area (Å²) in [4.78, 5) is 4.44. The maximum Gasteiger partial charge on any atom is 0.128 e. The molecular weight excluding hydrogens is 316 g/mol. The highest BCUT2D eigenvalue weighted by atomic mass is 79.9. The summed E-state index contributed by atoms with van der Waals surface area (Å²) in [5.74, 6) is 1.84. The minimum Gasteiger partial charge on any atom is -0.489 e. The quantitative estimate of drug-likeness (QED) is 0.932. The SMILES string of the molecule is Brc1cccc(OCc2cccc(C3=NCCN3)c2)c1. The fourth-order valence-corrected chi connectivity index (χ4v) is 2.50. The van der Waals surface area contributed by atoms with Gasteiger partial charge in [0.2, 0.25) is 0 Å². The van der Waals surface area contributed by atoms with Crippen LogP contribution in [-0.2, 0) is 6.61 Å². The number of benzene rings is 2. The molecule has 4 heteroatoms. The Balaban J connectivity index is 1.70. The number of nitrogens with zero attached hydrogens (tertiary/aromatic N) is 1. The minimum atomic E-state index is 0.553. The van der Waals surface area contributed by atoms with Crippen molar-refractivity contribution in [2.75, 3.05) is 13.1 Å². The third-order valence-electron chi connectivity index (χ3n) is 3.08. The fourth-order valence-electron chi connectivity index (χ4n) is 2.12. The van der Waals surface area contributed by atoms with Crippen LogP contribution in [0.2, 0.25) is 0 Å². The molecule has 0 radical (unpaired) electrons. The van der Waals surface area contributed by atoms with Gasteiger partial charge in [0.1, 0.15) is 18.2 Å². The van der Waals surface area contributed by atoms with E-state index in [0.29, 0.717) is 6.61 Å². The molecule has 0 saturated heterocycles. The van der Waals surface area contributed by atoms with Crippen LogP contribution in [0.1, 0.15) is 11.1 Å². The normalized spacial score (nSPS) is 13.8.